The van der Waals surface area contributed by atoms with Gasteiger partial charge < -0.3 is 5.32 Å². The number of nitrogens with zero attached hydrogens (tertiary/aromatic N) is 5. The molecule has 4 rings (SSSR count). The third kappa shape index (κ3) is 4.07. The second kappa shape index (κ2) is 7.75. The fraction of sp³-hybridized carbons (Fsp3) is 0.273. The molecule has 0 atom stereocenters. The highest BCUT2D eigenvalue weighted by atomic mass is 16.2. The van der Waals surface area contributed by atoms with Gasteiger partial charge >= 0.3 is 0 Å². The average molecular weight is 418 g/mol. The van der Waals surface area contributed by atoms with E-state index < -0.39 is 0 Å². The van der Waals surface area contributed by atoms with Crippen LogP contribution in [0.4, 0.5) is 11.5 Å². The van der Waals surface area contributed by atoms with E-state index >= 15 is 0 Å². The number of amides is 3. The minimum atomic E-state index is -0.358. The largest absolute Gasteiger partial charge is 0.306 e. The molecular formula is C22H22N6O3. The molecule has 158 valence electrons. The molecule has 1 aliphatic rings. The zero-order valence-electron chi connectivity index (χ0n) is 17.5. The number of benzene rings is 1. The SMILES string of the molecule is CC(C)(C)c1cc(NC(=O)c2ccc(N3C(=O)CCC3=O)cc2)n(-c2ncccn2)n1. The molecule has 3 aromatic rings. The summed E-state index contributed by atoms with van der Waals surface area (Å²) in [6, 6.07) is 9.84. The molecule has 1 saturated heterocycles. The van der Waals surface area contributed by atoms with Crippen LogP contribution in [0.1, 0.15) is 49.7 Å². The Balaban J connectivity index is 1.60. The lowest BCUT2D eigenvalue weighted by atomic mass is 9.92. The first-order valence-corrected chi connectivity index (χ1v) is 9.89. The minimum absolute atomic E-state index is 0.211. The second-order valence-corrected chi connectivity index (χ2v) is 8.25. The maximum Gasteiger partial charge on any atom is 0.256 e. The van der Waals surface area contributed by atoms with Crippen molar-refractivity contribution in [2.24, 2.45) is 0 Å². The van der Waals surface area contributed by atoms with E-state index in [4.69, 9.17) is 0 Å². The van der Waals surface area contributed by atoms with E-state index in [9.17, 15) is 14.4 Å². The van der Waals surface area contributed by atoms with Crippen molar-refractivity contribution in [1.82, 2.24) is 19.7 Å². The zero-order chi connectivity index (χ0) is 22.2. The van der Waals surface area contributed by atoms with Crippen molar-refractivity contribution in [2.45, 2.75) is 39.0 Å². The quantitative estimate of drug-likeness (QED) is 0.653. The molecule has 1 aromatic carbocycles. The van der Waals surface area contributed by atoms with E-state index in [-0.39, 0.29) is 36.0 Å². The highest BCUT2D eigenvalue weighted by Gasteiger charge is 2.30. The van der Waals surface area contributed by atoms with Gasteiger partial charge in [0.1, 0.15) is 5.82 Å². The summed E-state index contributed by atoms with van der Waals surface area (Å²) in [4.78, 5) is 46.3. The Labute approximate surface area is 179 Å². The van der Waals surface area contributed by atoms with E-state index in [0.717, 1.165) is 10.6 Å². The Morgan fingerprint density at radius 3 is 2.19 bits per heavy atom. The summed E-state index contributed by atoms with van der Waals surface area (Å²) < 4.78 is 1.49. The van der Waals surface area contributed by atoms with E-state index in [0.29, 0.717) is 23.0 Å². The molecule has 1 aliphatic heterocycles. The topological polar surface area (TPSA) is 110 Å². The molecule has 1 fully saturated rings. The van der Waals surface area contributed by atoms with Gasteiger partial charge in [-0.3, -0.25) is 19.3 Å². The summed E-state index contributed by atoms with van der Waals surface area (Å²) in [5, 5.41) is 7.44. The molecule has 1 N–H and O–H groups in total. The number of carbonyl (C=O) groups is 3. The van der Waals surface area contributed by atoms with Gasteiger partial charge in [-0.15, -0.1) is 0 Å². The van der Waals surface area contributed by atoms with Crippen LogP contribution >= 0.6 is 0 Å². The molecular weight excluding hydrogens is 396 g/mol. The van der Waals surface area contributed by atoms with Crippen LogP contribution in [0.15, 0.2) is 48.8 Å². The lowest BCUT2D eigenvalue weighted by molar-refractivity contribution is -0.121. The Morgan fingerprint density at radius 1 is 1.00 bits per heavy atom. The highest BCUT2D eigenvalue weighted by Crippen LogP contribution is 2.26. The maximum atomic E-state index is 12.9. The van der Waals surface area contributed by atoms with Crippen molar-refractivity contribution >= 4 is 29.2 Å². The molecule has 0 aliphatic carbocycles. The molecule has 0 unspecified atom stereocenters. The monoisotopic (exact) mass is 418 g/mol. The summed E-state index contributed by atoms with van der Waals surface area (Å²) in [5.74, 6) is -0.0414. The number of rotatable bonds is 4. The first kappa shape index (κ1) is 20.4. The molecule has 0 spiro atoms. The van der Waals surface area contributed by atoms with Crippen molar-refractivity contribution < 1.29 is 14.4 Å². The van der Waals surface area contributed by atoms with E-state index in [1.807, 2.05) is 20.8 Å². The summed E-state index contributed by atoms with van der Waals surface area (Å²) in [6.07, 6.45) is 3.63. The van der Waals surface area contributed by atoms with Crippen LogP contribution in [-0.4, -0.2) is 37.5 Å². The van der Waals surface area contributed by atoms with Gasteiger partial charge in [-0.2, -0.15) is 9.78 Å². The van der Waals surface area contributed by atoms with Crippen molar-refractivity contribution in [3.05, 3.63) is 60.0 Å². The lowest BCUT2D eigenvalue weighted by Gasteiger charge is -2.14. The molecule has 2 aromatic heterocycles. The van der Waals surface area contributed by atoms with Gasteiger partial charge in [0.05, 0.1) is 11.4 Å². The Morgan fingerprint density at radius 2 is 1.61 bits per heavy atom. The molecule has 3 amide bonds. The lowest BCUT2D eigenvalue weighted by Crippen LogP contribution is -2.28. The Hall–Kier alpha value is -3.88. The van der Waals surface area contributed by atoms with Crippen LogP contribution in [0.2, 0.25) is 0 Å². The van der Waals surface area contributed by atoms with E-state index in [1.54, 1.807) is 48.8 Å². The average Bonchev–Trinajstić information content (AvgIpc) is 3.32. The summed E-state index contributed by atoms with van der Waals surface area (Å²) in [5.41, 5.74) is 1.37. The van der Waals surface area contributed by atoms with Crippen molar-refractivity contribution in [3.63, 3.8) is 0 Å². The van der Waals surface area contributed by atoms with Crippen molar-refractivity contribution in [1.29, 1.82) is 0 Å². The number of aromatic nitrogens is 4. The Bertz CT molecular complexity index is 1130. The maximum absolute atomic E-state index is 12.9. The molecule has 0 bridgehead atoms. The van der Waals surface area contributed by atoms with Crippen LogP contribution < -0.4 is 10.2 Å². The van der Waals surface area contributed by atoms with Crippen molar-refractivity contribution in [3.8, 4) is 5.95 Å². The summed E-state index contributed by atoms with van der Waals surface area (Å²) in [6.45, 7) is 6.07. The number of hydrogen-bond acceptors (Lipinski definition) is 6. The Kier molecular flexibility index (Phi) is 5.10. The first-order chi connectivity index (χ1) is 14.7. The summed E-state index contributed by atoms with van der Waals surface area (Å²) in [7, 11) is 0. The second-order valence-electron chi connectivity index (χ2n) is 8.25. The predicted octanol–water partition coefficient (Wildman–Crippen LogP) is 2.87. The minimum Gasteiger partial charge on any atom is -0.306 e. The van der Waals surface area contributed by atoms with E-state index in [1.165, 1.54) is 4.68 Å². The smallest absolute Gasteiger partial charge is 0.256 e. The van der Waals surface area contributed by atoms with Gasteiger partial charge in [-0.1, -0.05) is 20.8 Å². The van der Waals surface area contributed by atoms with Gasteiger partial charge in [0, 0.05) is 42.3 Å². The number of hydrogen-bond donors (Lipinski definition) is 1. The fourth-order valence-electron chi connectivity index (χ4n) is 3.20. The third-order valence-electron chi connectivity index (χ3n) is 4.90. The normalized spacial score (nSPS) is 14.2. The number of nitrogens with one attached hydrogen (secondary N) is 1. The number of anilines is 2. The van der Waals surface area contributed by atoms with Crippen LogP contribution in [-0.2, 0) is 15.0 Å². The molecule has 3 heterocycles. The van der Waals surface area contributed by atoms with Gasteiger partial charge in [0.15, 0.2) is 0 Å². The van der Waals surface area contributed by atoms with Crippen LogP contribution in [0.5, 0.6) is 0 Å². The third-order valence-corrected chi connectivity index (χ3v) is 4.90. The van der Waals surface area contributed by atoms with Gasteiger partial charge in [0.25, 0.3) is 11.9 Å². The number of carbonyl (C=O) groups excluding carboxylic acids is 3. The van der Waals surface area contributed by atoms with Gasteiger partial charge in [-0.05, 0) is 30.3 Å². The van der Waals surface area contributed by atoms with Gasteiger partial charge in [0.2, 0.25) is 11.8 Å². The first-order valence-electron chi connectivity index (χ1n) is 9.89. The van der Waals surface area contributed by atoms with Crippen molar-refractivity contribution in [2.75, 3.05) is 10.2 Å². The molecule has 0 saturated carbocycles. The number of imide groups is 1. The van der Waals surface area contributed by atoms with Gasteiger partial charge in [-0.25, -0.2) is 9.97 Å². The standard InChI is InChI=1S/C22H22N6O3/c1-22(2,3)16-13-17(28(26-16)21-23-11-4-12-24-21)25-20(31)14-5-7-15(8-6-14)27-18(29)9-10-19(27)30/h4-8,11-13H,9-10H2,1-3H3,(H,25,31). The summed E-state index contributed by atoms with van der Waals surface area (Å²) >= 11 is 0. The molecule has 0 radical (unpaired) electrons. The van der Waals surface area contributed by atoms with E-state index in [2.05, 4.69) is 20.4 Å². The highest BCUT2D eigenvalue weighted by molar-refractivity contribution is 6.20. The van der Waals surface area contributed by atoms with Crippen LogP contribution in [0.25, 0.3) is 5.95 Å². The van der Waals surface area contributed by atoms with Crippen LogP contribution in [0.3, 0.4) is 0 Å². The fourth-order valence-corrected chi connectivity index (χ4v) is 3.20. The zero-order valence-corrected chi connectivity index (χ0v) is 17.5. The predicted molar refractivity (Wildman–Crippen MR) is 114 cm³/mol. The molecule has 9 heteroatoms. The molecule has 31 heavy (non-hydrogen) atoms. The van der Waals surface area contributed by atoms with Crippen LogP contribution in [0, 0.1) is 0 Å². The molecule has 9 nitrogen and oxygen atoms in total.